The molecule has 2 heteroatoms. The average molecular weight is 209 g/mol. The van der Waals surface area contributed by atoms with Crippen LogP contribution in [0.3, 0.4) is 0 Å². The van der Waals surface area contributed by atoms with Gasteiger partial charge in [-0.15, -0.1) is 0 Å². The lowest BCUT2D eigenvalue weighted by molar-refractivity contribution is 0.197. The number of ether oxygens (including phenoxy) is 1. The molecule has 3 aliphatic rings. The number of rotatable bonds is 5. The van der Waals surface area contributed by atoms with Crippen molar-refractivity contribution >= 4 is 0 Å². The number of fused-ring (bicyclic) bond motifs is 3. The van der Waals surface area contributed by atoms with Crippen LogP contribution in [-0.2, 0) is 4.74 Å². The molecule has 1 spiro atoms. The third-order valence-electron chi connectivity index (χ3n) is 5.18. The average Bonchev–Trinajstić information content (AvgIpc) is 2.64. The predicted molar refractivity (Wildman–Crippen MR) is 60.7 cm³/mol. The molecule has 15 heavy (non-hydrogen) atoms. The van der Waals surface area contributed by atoms with Crippen molar-refractivity contribution in [1.29, 1.82) is 0 Å². The van der Waals surface area contributed by atoms with Crippen LogP contribution < -0.4 is 5.32 Å². The van der Waals surface area contributed by atoms with Crippen molar-refractivity contribution in [2.45, 2.75) is 32.1 Å². The molecule has 0 amide bonds. The SMILES string of the molecule is COCCNCC1CC12CC1CCC2C1. The standard InChI is InChI=1S/C13H23NO/c1-15-5-4-14-9-12-8-13(12)7-10-2-3-11(13)6-10/h10-12,14H,2-9H2,1H3. The van der Waals surface area contributed by atoms with Crippen molar-refractivity contribution in [3.63, 3.8) is 0 Å². The van der Waals surface area contributed by atoms with Crippen molar-refractivity contribution < 1.29 is 4.74 Å². The Bertz CT molecular complexity index is 243. The van der Waals surface area contributed by atoms with Gasteiger partial charge in [-0.1, -0.05) is 6.42 Å². The van der Waals surface area contributed by atoms with Crippen molar-refractivity contribution in [3.05, 3.63) is 0 Å². The first-order chi connectivity index (χ1) is 7.35. The van der Waals surface area contributed by atoms with E-state index in [2.05, 4.69) is 5.32 Å². The van der Waals surface area contributed by atoms with E-state index >= 15 is 0 Å². The minimum atomic E-state index is 0.822. The van der Waals surface area contributed by atoms with Gasteiger partial charge < -0.3 is 10.1 Å². The first-order valence-electron chi connectivity index (χ1n) is 6.55. The van der Waals surface area contributed by atoms with Crippen LogP contribution in [-0.4, -0.2) is 26.8 Å². The third-order valence-corrected chi connectivity index (χ3v) is 5.18. The Morgan fingerprint density at radius 2 is 2.27 bits per heavy atom. The first-order valence-corrected chi connectivity index (χ1v) is 6.55. The number of hydrogen-bond acceptors (Lipinski definition) is 2. The smallest absolute Gasteiger partial charge is 0.0587 e. The van der Waals surface area contributed by atoms with E-state index in [1.54, 1.807) is 26.4 Å². The lowest BCUT2D eigenvalue weighted by Crippen LogP contribution is -2.25. The number of nitrogens with one attached hydrogen (secondary N) is 1. The van der Waals surface area contributed by atoms with Crippen molar-refractivity contribution in [2.24, 2.45) is 23.2 Å². The van der Waals surface area contributed by atoms with E-state index in [4.69, 9.17) is 4.74 Å². The Hall–Kier alpha value is -0.0800. The predicted octanol–water partition coefficient (Wildman–Crippen LogP) is 2.05. The van der Waals surface area contributed by atoms with Gasteiger partial charge in [-0.25, -0.2) is 0 Å². The summed E-state index contributed by atoms with van der Waals surface area (Å²) in [6.45, 7) is 3.12. The molecule has 3 fully saturated rings. The molecule has 0 aromatic carbocycles. The molecule has 3 saturated carbocycles. The van der Waals surface area contributed by atoms with Crippen LogP contribution in [0.1, 0.15) is 32.1 Å². The highest BCUT2D eigenvalue weighted by atomic mass is 16.5. The molecule has 86 valence electrons. The molecule has 2 bridgehead atoms. The highest BCUT2D eigenvalue weighted by molar-refractivity contribution is 5.14. The van der Waals surface area contributed by atoms with Crippen LogP contribution in [0.25, 0.3) is 0 Å². The molecule has 2 nitrogen and oxygen atoms in total. The zero-order valence-electron chi connectivity index (χ0n) is 9.80. The summed E-state index contributed by atoms with van der Waals surface area (Å²) in [5.41, 5.74) is 0.822. The Kier molecular flexibility index (Phi) is 2.52. The van der Waals surface area contributed by atoms with Gasteiger partial charge >= 0.3 is 0 Å². The summed E-state index contributed by atoms with van der Waals surface area (Å²) in [7, 11) is 1.77. The minimum absolute atomic E-state index is 0.822. The summed E-state index contributed by atoms with van der Waals surface area (Å²) >= 11 is 0. The quantitative estimate of drug-likeness (QED) is 0.700. The lowest BCUT2D eigenvalue weighted by Gasteiger charge is -2.22. The van der Waals surface area contributed by atoms with E-state index in [-0.39, 0.29) is 0 Å². The molecule has 0 saturated heterocycles. The fourth-order valence-electron chi connectivity index (χ4n) is 4.36. The lowest BCUT2D eigenvalue weighted by atomic mass is 9.84. The Balaban J connectivity index is 1.44. The number of hydrogen-bond donors (Lipinski definition) is 1. The van der Waals surface area contributed by atoms with Gasteiger partial charge in [-0.3, -0.25) is 0 Å². The van der Waals surface area contributed by atoms with Crippen LogP contribution >= 0.6 is 0 Å². The highest BCUT2D eigenvalue weighted by Crippen LogP contribution is 2.71. The molecule has 0 aromatic rings. The zero-order chi connectivity index (χ0) is 10.3. The molecule has 4 unspecified atom stereocenters. The van der Waals surface area contributed by atoms with Gasteiger partial charge in [0.05, 0.1) is 6.61 Å². The number of methoxy groups -OCH3 is 1. The van der Waals surface area contributed by atoms with E-state index in [0.29, 0.717) is 0 Å². The summed E-state index contributed by atoms with van der Waals surface area (Å²) in [5.74, 6) is 3.22. The van der Waals surface area contributed by atoms with E-state index in [9.17, 15) is 0 Å². The van der Waals surface area contributed by atoms with Crippen molar-refractivity contribution in [1.82, 2.24) is 5.32 Å². The maximum atomic E-state index is 5.05. The monoisotopic (exact) mass is 209 g/mol. The Labute approximate surface area is 92.8 Å². The second-order valence-corrected chi connectivity index (χ2v) is 5.91. The molecule has 3 aliphatic carbocycles. The molecule has 4 atom stereocenters. The van der Waals surface area contributed by atoms with Gasteiger partial charge in [0.15, 0.2) is 0 Å². The van der Waals surface area contributed by atoms with E-state index in [0.717, 1.165) is 36.3 Å². The highest BCUT2D eigenvalue weighted by Gasteiger charge is 2.63. The summed E-state index contributed by atoms with van der Waals surface area (Å²) in [6.07, 6.45) is 7.73. The van der Waals surface area contributed by atoms with Crippen LogP contribution in [0.2, 0.25) is 0 Å². The van der Waals surface area contributed by atoms with E-state index in [1.807, 2.05) is 0 Å². The normalized spacial score (nSPS) is 46.6. The summed E-state index contributed by atoms with van der Waals surface area (Å²) in [5, 5.41) is 3.53. The molecule has 1 N–H and O–H groups in total. The molecule has 3 rings (SSSR count). The largest absolute Gasteiger partial charge is 0.383 e. The third kappa shape index (κ3) is 1.62. The van der Waals surface area contributed by atoms with E-state index in [1.165, 1.54) is 19.4 Å². The van der Waals surface area contributed by atoms with Crippen LogP contribution in [0.5, 0.6) is 0 Å². The summed E-state index contributed by atoms with van der Waals surface area (Å²) in [6, 6.07) is 0. The Morgan fingerprint density at radius 1 is 1.33 bits per heavy atom. The topological polar surface area (TPSA) is 21.3 Å². The zero-order valence-corrected chi connectivity index (χ0v) is 9.80. The van der Waals surface area contributed by atoms with Gasteiger partial charge in [0.2, 0.25) is 0 Å². The summed E-state index contributed by atoms with van der Waals surface area (Å²) in [4.78, 5) is 0. The van der Waals surface area contributed by atoms with Gasteiger partial charge in [0.25, 0.3) is 0 Å². The van der Waals surface area contributed by atoms with Crippen molar-refractivity contribution in [3.8, 4) is 0 Å². The van der Waals surface area contributed by atoms with Crippen LogP contribution in [0.4, 0.5) is 0 Å². The molecule has 0 aromatic heterocycles. The Morgan fingerprint density at radius 3 is 2.93 bits per heavy atom. The fourth-order valence-corrected chi connectivity index (χ4v) is 4.36. The van der Waals surface area contributed by atoms with Crippen LogP contribution in [0, 0.1) is 23.2 Å². The second kappa shape index (κ2) is 3.74. The molecule has 0 heterocycles. The molecule has 0 radical (unpaired) electrons. The summed E-state index contributed by atoms with van der Waals surface area (Å²) < 4.78 is 5.05. The van der Waals surface area contributed by atoms with Gasteiger partial charge in [0, 0.05) is 13.7 Å². The maximum Gasteiger partial charge on any atom is 0.0587 e. The van der Waals surface area contributed by atoms with Crippen molar-refractivity contribution in [2.75, 3.05) is 26.8 Å². The van der Waals surface area contributed by atoms with Gasteiger partial charge in [-0.2, -0.15) is 0 Å². The fraction of sp³-hybridized carbons (Fsp3) is 1.00. The first kappa shape index (κ1) is 10.1. The van der Waals surface area contributed by atoms with Crippen LogP contribution in [0.15, 0.2) is 0 Å². The van der Waals surface area contributed by atoms with Gasteiger partial charge in [0.1, 0.15) is 0 Å². The second-order valence-electron chi connectivity index (χ2n) is 5.91. The maximum absolute atomic E-state index is 5.05. The molecule has 0 aliphatic heterocycles. The minimum Gasteiger partial charge on any atom is -0.383 e. The molecular formula is C13H23NO. The van der Waals surface area contributed by atoms with E-state index < -0.39 is 0 Å². The molecular weight excluding hydrogens is 186 g/mol. The van der Waals surface area contributed by atoms with Gasteiger partial charge in [-0.05, 0) is 55.4 Å².